The highest BCUT2D eigenvalue weighted by Crippen LogP contribution is 2.16. The molecule has 0 saturated heterocycles. The van der Waals surface area contributed by atoms with Gasteiger partial charge in [0.1, 0.15) is 11.4 Å². The Morgan fingerprint density at radius 2 is 1.57 bits per heavy atom. The summed E-state index contributed by atoms with van der Waals surface area (Å²) < 4.78 is 10.4. The monoisotopic (exact) mass is 384 g/mol. The van der Waals surface area contributed by atoms with E-state index in [1.54, 1.807) is 69.3 Å². The van der Waals surface area contributed by atoms with Crippen LogP contribution in [0.25, 0.3) is 0 Å². The smallest absolute Gasteiger partial charge is 0.338 e. The topological polar surface area (TPSA) is 93.7 Å². The molecule has 0 bridgehead atoms. The first-order valence-corrected chi connectivity index (χ1v) is 8.74. The number of hydrazine groups is 1. The fourth-order valence-electron chi connectivity index (χ4n) is 2.35. The van der Waals surface area contributed by atoms with E-state index >= 15 is 0 Å². The molecule has 28 heavy (non-hydrogen) atoms. The number of para-hydroxylation sites is 1. The molecule has 0 aliphatic carbocycles. The predicted octanol–water partition coefficient (Wildman–Crippen LogP) is 2.65. The Kier molecular flexibility index (Phi) is 6.76. The van der Waals surface area contributed by atoms with Crippen molar-refractivity contribution in [2.45, 2.75) is 32.8 Å². The van der Waals surface area contributed by atoms with Crippen molar-refractivity contribution in [2.75, 3.05) is 7.11 Å². The molecule has 0 heterocycles. The normalized spacial score (nSPS) is 10.7. The number of carbonyl (C=O) groups is 3. The van der Waals surface area contributed by atoms with Gasteiger partial charge in [-0.05, 0) is 50.6 Å². The molecule has 0 aliphatic heterocycles. The van der Waals surface area contributed by atoms with Crippen molar-refractivity contribution in [1.29, 1.82) is 0 Å². The first-order valence-electron chi connectivity index (χ1n) is 8.74. The van der Waals surface area contributed by atoms with Gasteiger partial charge in [0, 0.05) is 0 Å². The summed E-state index contributed by atoms with van der Waals surface area (Å²) in [5.41, 5.74) is 5.56. The van der Waals surface area contributed by atoms with Crippen molar-refractivity contribution in [3.63, 3.8) is 0 Å². The first kappa shape index (κ1) is 21.0. The summed E-state index contributed by atoms with van der Waals surface area (Å²) in [6.07, 6.45) is 0.0425. The van der Waals surface area contributed by atoms with Crippen LogP contribution in [0.3, 0.4) is 0 Å². The standard InChI is InChI=1S/C21H24N2O5/c1-21(2,3)28-20(26)15-11-9-14(10-12-15)13-18(24)22-23-19(25)16-7-5-6-8-17(16)27-4/h5-12H,13H2,1-4H3,(H,22,24)(H,23,25). The number of benzene rings is 2. The van der Waals surface area contributed by atoms with Crippen molar-refractivity contribution in [3.05, 3.63) is 65.2 Å². The third kappa shape index (κ3) is 6.12. The third-order valence-electron chi connectivity index (χ3n) is 3.62. The lowest BCUT2D eigenvalue weighted by molar-refractivity contribution is -0.121. The van der Waals surface area contributed by atoms with Gasteiger partial charge in [0.2, 0.25) is 5.91 Å². The summed E-state index contributed by atoms with van der Waals surface area (Å²) in [6, 6.07) is 13.2. The Bertz CT molecular complexity index is 854. The van der Waals surface area contributed by atoms with Crippen molar-refractivity contribution in [3.8, 4) is 5.75 Å². The van der Waals surface area contributed by atoms with Gasteiger partial charge >= 0.3 is 5.97 Å². The van der Waals surface area contributed by atoms with Crippen LogP contribution in [0.2, 0.25) is 0 Å². The van der Waals surface area contributed by atoms with Crippen LogP contribution in [-0.2, 0) is 16.0 Å². The van der Waals surface area contributed by atoms with Gasteiger partial charge in [-0.15, -0.1) is 0 Å². The minimum atomic E-state index is -0.574. The lowest BCUT2D eigenvalue weighted by Crippen LogP contribution is -2.42. The van der Waals surface area contributed by atoms with Crippen molar-refractivity contribution in [2.24, 2.45) is 0 Å². The van der Waals surface area contributed by atoms with Crippen molar-refractivity contribution < 1.29 is 23.9 Å². The zero-order valence-electron chi connectivity index (χ0n) is 16.4. The molecule has 0 unspecified atom stereocenters. The maximum Gasteiger partial charge on any atom is 0.338 e. The van der Waals surface area contributed by atoms with E-state index < -0.39 is 23.4 Å². The number of rotatable bonds is 5. The van der Waals surface area contributed by atoms with Gasteiger partial charge < -0.3 is 9.47 Å². The summed E-state index contributed by atoms with van der Waals surface area (Å²) >= 11 is 0. The quantitative estimate of drug-likeness (QED) is 0.611. The van der Waals surface area contributed by atoms with Crippen LogP contribution in [0.4, 0.5) is 0 Å². The largest absolute Gasteiger partial charge is 0.496 e. The van der Waals surface area contributed by atoms with Crippen LogP contribution in [-0.4, -0.2) is 30.5 Å². The van der Waals surface area contributed by atoms with E-state index in [0.717, 1.165) is 0 Å². The Morgan fingerprint density at radius 1 is 0.929 bits per heavy atom. The average Bonchev–Trinajstić information content (AvgIpc) is 2.65. The second kappa shape index (κ2) is 9.03. The maximum absolute atomic E-state index is 12.2. The minimum Gasteiger partial charge on any atom is -0.496 e. The second-order valence-electron chi connectivity index (χ2n) is 7.08. The van der Waals surface area contributed by atoms with Gasteiger partial charge in [-0.1, -0.05) is 24.3 Å². The lowest BCUT2D eigenvalue weighted by Gasteiger charge is -2.19. The van der Waals surface area contributed by atoms with E-state index in [-0.39, 0.29) is 6.42 Å². The molecule has 2 aromatic rings. The van der Waals surface area contributed by atoms with Crippen LogP contribution >= 0.6 is 0 Å². The highest BCUT2D eigenvalue weighted by atomic mass is 16.6. The molecule has 7 nitrogen and oxygen atoms in total. The van der Waals surface area contributed by atoms with Crippen LogP contribution in [0.5, 0.6) is 5.75 Å². The lowest BCUT2D eigenvalue weighted by atomic mass is 10.1. The zero-order chi connectivity index (χ0) is 20.7. The molecule has 0 saturated carbocycles. The molecule has 2 amide bonds. The molecule has 0 spiro atoms. The first-order chi connectivity index (χ1) is 13.2. The average molecular weight is 384 g/mol. The summed E-state index contributed by atoms with van der Waals surface area (Å²) in [6.45, 7) is 5.38. The molecular weight excluding hydrogens is 360 g/mol. The molecule has 0 fully saturated rings. The molecular formula is C21H24N2O5. The van der Waals surface area contributed by atoms with Gasteiger partial charge in [-0.2, -0.15) is 0 Å². The highest BCUT2D eigenvalue weighted by molar-refractivity contribution is 5.98. The molecule has 7 heteroatoms. The number of nitrogens with one attached hydrogen (secondary N) is 2. The van der Waals surface area contributed by atoms with Crippen LogP contribution in [0.15, 0.2) is 48.5 Å². The molecule has 2 aromatic carbocycles. The Labute approximate surface area is 164 Å². The summed E-state index contributed by atoms with van der Waals surface area (Å²) in [5, 5.41) is 0. The predicted molar refractivity (Wildman–Crippen MR) is 104 cm³/mol. The van der Waals surface area contributed by atoms with E-state index in [1.807, 2.05) is 0 Å². The Balaban J connectivity index is 1.89. The SMILES string of the molecule is COc1ccccc1C(=O)NNC(=O)Cc1ccc(C(=O)OC(C)(C)C)cc1. The molecule has 0 atom stereocenters. The van der Waals surface area contributed by atoms with Gasteiger partial charge in [0.15, 0.2) is 0 Å². The summed E-state index contributed by atoms with van der Waals surface area (Å²) in [4.78, 5) is 36.2. The van der Waals surface area contributed by atoms with Crippen molar-refractivity contribution >= 4 is 17.8 Å². The number of hydrogen-bond acceptors (Lipinski definition) is 5. The van der Waals surface area contributed by atoms with Crippen molar-refractivity contribution in [1.82, 2.24) is 10.9 Å². The van der Waals surface area contributed by atoms with Crippen LogP contribution in [0.1, 0.15) is 47.1 Å². The van der Waals surface area contributed by atoms with E-state index in [2.05, 4.69) is 10.9 Å². The van der Waals surface area contributed by atoms with Gasteiger partial charge in [-0.3, -0.25) is 20.4 Å². The highest BCUT2D eigenvalue weighted by Gasteiger charge is 2.18. The number of amides is 2. The Hall–Kier alpha value is -3.35. The maximum atomic E-state index is 12.2. The molecule has 0 aliphatic rings. The summed E-state index contributed by atoms with van der Waals surface area (Å²) in [5.74, 6) is -0.890. The number of ether oxygens (including phenoxy) is 2. The fraction of sp³-hybridized carbons (Fsp3) is 0.286. The molecule has 0 radical (unpaired) electrons. The summed E-state index contributed by atoms with van der Waals surface area (Å²) in [7, 11) is 1.46. The minimum absolute atomic E-state index is 0.0425. The molecule has 2 rings (SSSR count). The van der Waals surface area contributed by atoms with Gasteiger partial charge in [-0.25, -0.2) is 4.79 Å². The number of esters is 1. The number of methoxy groups -OCH3 is 1. The molecule has 148 valence electrons. The third-order valence-corrected chi connectivity index (χ3v) is 3.62. The zero-order valence-corrected chi connectivity index (χ0v) is 16.4. The van der Waals surface area contributed by atoms with Gasteiger partial charge in [0.05, 0.1) is 24.7 Å². The van der Waals surface area contributed by atoms with E-state index in [4.69, 9.17) is 9.47 Å². The Morgan fingerprint density at radius 3 is 2.18 bits per heavy atom. The van der Waals surface area contributed by atoms with E-state index in [0.29, 0.717) is 22.4 Å². The second-order valence-corrected chi connectivity index (χ2v) is 7.08. The van der Waals surface area contributed by atoms with Crippen LogP contribution < -0.4 is 15.6 Å². The number of hydrogen-bond donors (Lipinski definition) is 2. The van der Waals surface area contributed by atoms with E-state index in [1.165, 1.54) is 7.11 Å². The molecule has 2 N–H and O–H groups in total. The molecule has 0 aromatic heterocycles. The van der Waals surface area contributed by atoms with Gasteiger partial charge in [0.25, 0.3) is 5.91 Å². The fourth-order valence-corrected chi connectivity index (χ4v) is 2.35. The number of carbonyl (C=O) groups excluding carboxylic acids is 3. The van der Waals surface area contributed by atoms with E-state index in [9.17, 15) is 14.4 Å². The van der Waals surface area contributed by atoms with Crippen LogP contribution in [0, 0.1) is 0 Å².